The van der Waals surface area contributed by atoms with Gasteiger partial charge in [0.15, 0.2) is 0 Å². The lowest BCUT2D eigenvalue weighted by Crippen LogP contribution is -2.44. The van der Waals surface area contributed by atoms with Crippen LogP contribution < -0.4 is 5.32 Å². The third-order valence-electron chi connectivity index (χ3n) is 2.34. The third-order valence-corrected chi connectivity index (χ3v) is 2.34. The van der Waals surface area contributed by atoms with Crippen LogP contribution in [0.5, 0.6) is 0 Å². The minimum atomic E-state index is -0.785. The first-order valence-corrected chi connectivity index (χ1v) is 4.27. The van der Waals surface area contributed by atoms with Crippen molar-refractivity contribution in [2.24, 2.45) is 5.92 Å². The van der Waals surface area contributed by atoms with E-state index in [1.54, 1.807) is 0 Å². The maximum Gasteiger partial charge on any atom is 0.130 e. The molecule has 1 atom stereocenters. The molecule has 0 aliphatic carbocycles. The second-order valence-electron chi connectivity index (χ2n) is 3.23. The molecular formula is C10H12FN. The first-order valence-electron chi connectivity index (χ1n) is 4.27. The molecule has 1 aromatic rings. The van der Waals surface area contributed by atoms with Crippen LogP contribution in [0.2, 0.25) is 0 Å². The predicted molar refractivity (Wildman–Crippen MR) is 46.7 cm³/mol. The molecule has 64 valence electrons. The lowest BCUT2D eigenvalue weighted by atomic mass is 9.92. The monoisotopic (exact) mass is 165 g/mol. The van der Waals surface area contributed by atoms with Crippen molar-refractivity contribution < 1.29 is 4.39 Å². The molecule has 0 bridgehead atoms. The number of rotatable bonds is 2. The van der Waals surface area contributed by atoms with Crippen molar-refractivity contribution in [3.05, 3.63) is 35.9 Å². The zero-order valence-corrected chi connectivity index (χ0v) is 6.83. The zero-order chi connectivity index (χ0) is 8.39. The molecule has 1 unspecified atom stereocenters. The van der Waals surface area contributed by atoms with Crippen LogP contribution in [0.15, 0.2) is 30.3 Å². The van der Waals surface area contributed by atoms with Crippen LogP contribution in [0.3, 0.4) is 0 Å². The third kappa shape index (κ3) is 1.34. The van der Waals surface area contributed by atoms with Crippen LogP contribution in [0.4, 0.5) is 4.39 Å². The molecule has 0 spiro atoms. The van der Waals surface area contributed by atoms with Gasteiger partial charge < -0.3 is 5.32 Å². The van der Waals surface area contributed by atoms with E-state index in [0.29, 0.717) is 0 Å². The molecule has 2 rings (SSSR count). The van der Waals surface area contributed by atoms with Crippen molar-refractivity contribution >= 4 is 0 Å². The van der Waals surface area contributed by atoms with E-state index < -0.39 is 6.17 Å². The lowest BCUT2D eigenvalue weighted by molar-refractivity contribution is 0.171. The van der Waals surface area contributed by atoms with Crippen LogP contribution >= 0.6 is 0 Å². The normalized spacial score (nSPS) is 20.1. The molecule has 1 heterocycles. The highest BCUT2D eigenvalue weighted by atomic mass is 19.1. The van der Waals surface area contributed by atoms with E-state index in [9.17, 15) is 4.39 Å². The predicted octanol–water partition coefficient (Wildman–Crippen LogP) is 1.92. The van der Waals surface area contributed by atoms with E-state index in [0.717, 1.165) is 18.7 Å². The Labute approximate surface area is 71.6 Å². The number of nitrogens with one attached hydrogen (secondary N) is 1. The quantitative estimate of drug-likeness (QED) is 0.706. The van der Waals surface area contributed by atoms with E-state index in [-0.39, 0.29) is 5.92 Å². The van der Waals surface area contributed by atoms with E-state index >= 15 is 0 Å². The summed E-state index contributed by atoms with van der Waals surface area (Å²) in [6.45, 7) is 1.63. The minimum absolute atomic E-state index is 0.187. The second kappa shape index (κ2) is 3.23. The summed E-state index contributed by atoms with van der Waals surface area (Å²) >= 11 is 0. The van der Waals surface area contributed by atoms with Crippen molar-refractivity contribution in [2.75, 3.05) is 13.1 Å². The number of halogens is 1. The van der Waals surface area contributed by atoms with Gasteiger partial charge in [-0.3, -0.25) is 0 Å². The fourth-order valence-electron chi connectivity index (χ4n) is 1.43. The minimum Gasteiger partial charge on any atom is -0.316 e. The van der Waals surface area contributed by atoms with E-state index in [4.69, 9.17) is 0 Å². The second-order valence-corrected chi connectivity index (χ2v) is 3.23. The van der Waals surface area contributed by atoms with Crippen LogP contribution in [0, 0.1) is 5.92 Å². The van der Waals surface area contributed by atoms with Gasteiger partial charge in [-0.1, -0.05) is 30.3 Å². The van der Waals surface area contributed by atoms with E-state index in [1.165, 1.54) is 0 Å². The topological polar surface area (TPSA) is 12.0 Å². The number of hydrogen-bond acceptors (Lipinski definition) is 1. The van der Waals surface area contributed by atoms with Gasteiger partial charge in [0.2, 0.25) is 0 Å². The molecular weight excluding hydrogens is 153 g/mol. The summed E-state index contributed by atoms with van der Waals surface area (Å²) in [5.74, 6) is 0.187. The Morgan fingerprint density at radius 1 is 1.25 bits per heavy atom. The van der Waals surface area contributed by atoms with Crippen LogP contribution in [-0.4, -0.2) is 13.1 Å². The summed E-state index contributed by atoms with van der Waals surface area (Å²) in [6, 6.07) is 9.38. The Hall–Kier alpha value is -0.890. The van der Waals surface area contributed by atoms with Gasteiger partial charge in [-0.25, -0.2) is 4.39 Å². The van der Waals surface area contributed by atoms with Gasteiger partial charge in [0.1, 0.15) is 6.17 Å². The summed E-state index contributed by atoms with van der Waals surface area (Å²) in [7, 11) is 0. The first kappa shape index (κ1) is 7.74. The molecule has 12 heavy (non-hydrogen) atoms. The average Bonchev–Trinajstić information content (AvgIpc) is 2.03. The van der Waals surface area contributed by atoms with Gasteiger partial charge in [0, 0.05) is 19.0 Å². The molecule has 2 heteroatoms. The molecule has 1 nitrogen and oxygen atoms in total. The Morgan fingerprint density at radius 2 is 1.92 bits per heavy atom. The van der Waals surface area contributed by atoms with Crippen LogP contribution in [-0.2, 0) is 0 Å². The maximum atomic E-state index is 13.5. The molecule has 1 aliphatic heterocycles. The van der Waals surface area contributed by atoms with Crippen molar-refractivity contribution in [3.8, 4) is 0 Å². The van der Waals surface area contributed by atoms with Crippen molar-refractivity contribution in [1.29, 1.82) is 0 Å². The molecule has 1 aromatic carbocycles. The maximum absolute atomic E-state index is 13.5. The molecule has 0 amide bonds. The average molecular weight is 165 g/mol. The summed E-state index contributed by atoms with van der Waals surface area (Å²) < 4.78 is 13.5. The van der Waals surface area contributed by atoms with E-state index in [2.05, 4.69) is 5.32 Å². The number of benzene rings is 1. The molecule has 0 radical (unpaired) electrons. The molecule has 1 aliphatic rings. The highest BCUT2D eigenvalue weighted by molar-refractivity contribution is 5.18. The Kier molecular flexibility index (Phi) is 2.09. The molecule has 1 fully saturated rings. The largest absolute Gasteiger partial charge is 0.316 e. The number of hydrogen-bond donors (Lipinski definition) is 1. The van der Waals surface area contributed by atoms with Gasteiger partial charge in [-0.05, 0) is 5.56 Å². The van der Waals surface area contributed by atoms with Gasteiger partial charge in [-0.2, -0.15) is 0 Å². The summed E-state index contributed by atoms with van der Waals surface area (Å²) in [6.07, 6.45) is -0.785. The molecule has 0 aromatic heterocycles. The fourth-order valence-corrected chi connectivity index (χ4v) is 1.43. The Bertz CT molecular complexity index is 243. The first-order chi connectivity index (χ1) is 5.88. The lowest BCUT2D eigenvalue weighted by Gasteiger charge is -2.30. The zero-order valence-electron chi connectivity index (χ0n) is 6.83. The van der Waals surface area contributed by atoms with Crippen molar-refractivity contribution in [3.63, 3.8) is 0 Å². The molecule has 1 saturated heterocycles. The molecule has 1 N–H and O–H groups in total. The van der Waals surface area contributed by atoms with Crippen LogP contribution in [0.25, 0.3) is 0 Å². The standard InChI is InChI=1S/C10H12FN/c11-10(9-6-12-7-9)8-4-2-1-3-5-8/h1-5,9-10,12H,6-7H2. The highest BCUT2D eigenvalue weighted by Crippen LogP contribution is 2.28. The van der Waals surface area contributed by atoms with Crippen LogP contribution in [0.1, 0.15) is 11.7 Å². The summed E-state index contributed by atoms with van der Waals surface area (Å²) in [5.41, 5.74) is 0.809. The van der Waals surface area contributed by atoms with Crippen molar-refractivity contribution in [2.45, 2.75) is 6.17 Å². The molecule has 0 saturated carbocycles. The Balaban J connectivity index is 2.08. The fraction of sp³-hybridized carbons (Fsp3) is 0.400. The smallest absolute Gasteiger partial charge is 0.130 e. The van der Waals surface area contributed by atoms with Gasteiger partial charge in [0.25, 0.3) is 0 Å². The van der Waals surface area contributed by atoms with Crippen molar-refractivity contribution in [1.82, 2.24) is 5.32 Å². The van der Waals surface area contributed by atoms with Gasteiger partial charge in [0.05, 0.1) is 0 Å². The summed E-state index contributed by atoms with van der Waals surface area (Å²) in [4.78, 5) is 0. The number of alkyl halides is 1. The highest BCUT2D eigenvalue weighted by Gasteiger charge is 2.27. The van der Waals surface area contributed by atoms with E-state index in [1.807, 2.05) is 30.3 Å². The summed E-state index contributed by atoms with van der Waals surface area (Å²) in [5, 5.41) is 3.07. The SMILES string of the molecule is FC(c1ccccc1)C1CNC1. The van der Waals surface area contributed by atoms with Gasteiger partial charge >= 0.3 is 0 Å². The Morgan fingerprint density at radius 3 is 2.42 bits per heavy atom. The van der Waals surface area contributed by atoms with Gasteiger partial charge in [-0.15, -0.1) is 0 Å².